The second-order valence-corrected chi connectivity index (χ2v) is 3.67. The molecule has 0 bridgehead atoms. The van der Waals surface area contributed by atoms with E-state index in [-0.39, 0.29) is 0 Å². The summed E-state index contributed by atoms with van der Waals surface area (Å²) in [6.45, 7) is 0. The maximum Gasteiger partial charge on any atom is 0.187 e. The van der Waals surface area contributed by atoms with Gasteiger partial charge in [-0.05, 0) is 12.1 Å². The van der Waals surface area contributed by atoms with Crippen molar-refractivity contribution in [2.45, 2.75) is 0 Å². The van der Waals surface area contributed by atoms with Crippen LogP contribution in [0.3, 0.4) is 0 Å². The SMILES string of the molecule is CN(C)c1nc2cccnc2s1. The van der Waals surface area contributed by atoms with Crippen molar-refractivity contribution in [3.8, 4) is 0 Å². The number of pyridine rings is 1. The van der Waals surface area contributed by atoms with Crippen LogP contribution in [0.4, 0.5) is 5.13 Å². The Hall–Kier alpha value is -1.16. The maximum atomic E-state index is 4.39. The van der Waals surface area contributed by atoms with Crippen molar-refractivity contribution in [1.29, 1.82) is 0 Å². The molecular weight excluding hydrogens is 170 g/mol. The lowest BCUT2D eigenvalue weighted by Gasteiger charge is -2.04. The lowest BCUT2D eigenvalue weighted by molar-refractivity contribution is 1.11. The summed E-state index contributed by atoms with van der Waals surface area (Å²) in [6, 6.07) is 3.88. The Bertz CT molecular complexity index is 361. The van der Waals surface area contributed by atoms with Gasteiger partial charge in [0.25, 0.3) is 0 Å². The molecule has 0 amide bonds. The van der Waals surface area contributed by atoms with Gasteiger partial charge in [-0.25, -0.2) is 9.97 Å². The van der Waals surface area contributed by atoms with Gasteiger partial charge in [0, 0.05) is 20.3 Å². The number of rotatable bonds is 1. The van der Waals surface area contributed by atoms with Crippen molar-refractivity contribution >= 4 is 26.8 Å². The van der Waals surface area contributed by atoms with E-state index in [1.165, 1.54) is 0 Å². The molecular formula is C8H9N3S. The Morgan fingerprint density at radius 2 is 2.25 bits per heavy atom. The van der Waals surface area contributed by atoms with Gasteiger partial charge in [-0.2, -0.15) is 0 Å². The number of aromatic nitrogens is 2. The molecule has 0 aliphatic carbocycles. The van der Waals surface area contributed by atoms with Crippen LogP contribution in [0.1, 0.15) is 0 Å². The maximum absolute atomic E-state index is 4.39. The molecule has 0 fully saturated rings. The topological polar surface area (TPSA) is 29.0 Å². The highest BCUT2D eigenvalue weighted by molar-refractivity contribution is 7.21. The summed E-state index contributed by atoms with van der Waals surface area (Å²) in [4.78, 5) is 11.6. The number of nitrogens with zero attached hydrogens (tertiary/aromatic N) is 3. The molecule has 0 aliphatic rings. The minimum Gasteiger partial charge on any atom is -0.354 e. The van der Waals surface area contributed by atoms with Gasteiger partial charge in [-0.15, -0.1) is 0 Å². The molecule has 0 aliphatic heterocycles. The van der Waals surface area contributed by atoms with Crippen LogP contribution >= 0.6 is 11.3 Å². The smallest absolute Gasteiger partial charge is 0.187 e. The van der Waals surface area contributed by atoms with Gasteiger partial charge in [0.1, 0.15) is 10.3 Å². The summed E-state index contributed by atoms with van der Waals surface area (Å²) in [5.41, 5.74) is 0.978. The third kappa shape index (κ3) is 1.14. The van der Waals surface area contributed by atoms with Gasteiger partial charge in [0.2, 0.25) is 0 Å². The van der Waals surface area contributed by atoms with Crippen molar-refractivity contribution in [3.63, 3.8) is 0 Å². The van der Waals surface area contributed by atoms with Crippen LogP contribution < -0.4 is 4.90 Å². The Kier molecular flexibility index (Phi) is 1.69. The summed E-state index contributed by atoms with van der Waals surface area (Å²) in [5, 5.41) is 1.00. The molecule has 4 heteroatoms. The zero-order valence-corrected chi connectivity index (χ0v) is 7.80. The zero-order chi connectivity index (χ0) is 8.55. The molecule has 0 N–H and O–H groups in total. The van der Waals surface area contributed by atoms with Crippen LogP contribution in [0, 0.1) is 0 Å². The summed E-state index contributed by atoms with van der Waals surface area (Å²) >= 11 is 1.61. The van der Waals surface area contributed by atoms with Crippen LogP contribution in [-0.2, 0) is 0 Å². The van der Waals surface area contributed by atoms with Gasteiger partial charge in [-0.3, -0.25) is 0 Å². The average molecular weight is 179 g/mol. The van der Waals surface area contributed by atoms with E-state index in [1.807, 2.05) is 31.1 Å². The monoisotopic (exact) mass is 179 g/mol. The first-order chi connectivity index (χ1) is 5.77. The number of fused-ring (bicyclic) bond motifs is 1. The molecule has 2 aromatic heterocycles. The molecule has 0 unspecified atom stereocenters. The first-order valence-corrected chi connectivity index (χ1v) is 4.48. The zero-order valence-electron chi connectivity index (χ0n) is 6.98. The molecule has 2 rings (SSSR count). The van der Waals surface area contributed by atoms with E-state index in [0.29, 0.717) is 0 Å². The fourth-order valence-corrected chi connectivity index (χ4v) is 1.78. The molecule has 62 valence electrons. The Labute approximate surface area is 74.7 Å². The summed E-state index contributed by atoms with van der Waals surface area (Å²) in [6.07, 6.45) is 1.79. The van der Waals surface area contributed by atoms with Crippen molar-refractivity contribution in [2.75, 3.05) is 19.0 Å². The molecule has 0 spiro atoms. The lowest BCUT2D eigenvalue weighted by atomic mass is 10.5. The molecule has 0 aromatic carbocycles. The summed E-state index contributed by atoms with van der Waals surface area (Å²) in [5.74, 6) is 0. The standard InChI is InChI=1S/C8H9N3S/c1-11(2)8-10-6-4-3-5-9-7(6)12-8/h3-5H,1-2H3. The predicted molar refractivity (Wildman–Crippen MR) is 51.7 cm³/mol. The quantitative estimate of drug-likeness (QED) is 0.668. The second kappa shape index (κ2) is 2.71. The summed E-state index contributed by atoms with van der Waals surface area (Å²) < 4.78 is 0. The highest BCUT2D eigenvalue weighted by Crippen LogP contribution is 2.24. The van der Waals surface area contributed by atoms with E-state index >= 15 is 0 Å². The molecule has 3 nitrogen and oxygen atoms in total. The molecule has 2 aromatic rings. The van der Waals surface area contributed by atoms with Crippen LogP contribution in [0.25, 0.3) is 10.3 Å². The molecule has 0 radical (unpaired) electrons. The average Bonchev–Trinajstić information content (AvgIpc) is 2.46. The largest absolute Gasteiger partial charge is 0.354 e. The Balaban J connectivity index is 2.62. The predicted octanol–water partition coefficient (Wildman–Crippen LogP) is 1.76. The second-order valence-electron chi connectivity index (χ2n) is 2.72. The Morgan fingerprint density at radius 1 is 1.42 bits per heavy atom. The first kappa shape index (κ1) is 7.49. The van der Waals surface area contributed by atoms with Crippen LogP contribution in [0.15, 0.2) is 18.3 Å². The molecule has 2 heterocycles. The number of hydrogen-bond donors (Lipinski definition) is 0. The summed E-state index contributed by atoms with van der Waals surface area (Å²) in [7, 11) is 3.97. The molecule has 0 saturated heterocycles. The minimum atomic E-state index is 0.978. The third-order valence-electron chi connectivity index (χ3n) is 1.54. The van der Waals surface area contributed by atoms with Gasteiger partial charge in [0.05, 0.1) is 0 Å². The molecule has 12 heavy (non-hydrogen) atoms. The van der Waals surface area contributed by atoms with E-state index in [9.17, 15) is 0 Å². The third-order valence-corrected chi connectivity index (χ3v) is 2.68. The normalized spacial score (nSPS) is 10.5. The van der Waals surface area contributed by atoms with Gasteiger partial charge in [0.15, 0.2) is 5.13 Å². The van der Waals surface area contributed by atoms with Gasteiger partial charge in [-0.1, -0.05) is 11.3 Å². The van der Waals surface area contributed by atoms with E-state index in [1.54, 1.807) is 17.5 Å². The van der Waals surface area contributed by atoms with Crippen LogP contribution in [0.5, 0.6) is 0 Å². The highest BCUT2D eigenvalue weighted by atomic mass is 32.1. The molecule has 0 atom stereocenters. The number of thiazole rings is 1. The minimum absolute atomic E-state index is 0.978. The molecule has 0 saturated carbocycles. The first-order valence-electron chi connectivity index (χ1n) is 3.66. The van der Waals surface area contributed by atoms with E-state index < -0.39 is 0 Å². The van der Waals surface area contributed by atoms with Gasteiger partial charge < -0.3 is 4.90 Å². The number of hydrogen-bond acceptors (Lipinski definition) is 4. The van der Waals surface area contributed by atoms with E-state index in [2.05, 4.69) is 9.97 Å². The van der Waals surface area contributed by atoms with Crippen molar-refractivity contribution < 1.29 is 0 Å². The van der Waals surface area contributed by atoms with E-state index in [0.717, 1.165) is 15.5 Å². The van der Waals surface area contributed by atoms with Crippen LogP contribution in [-0.4, -0.2) is 24.1 Å². The van der Waals surface area contributed by atoms with E-state index in [4.69, 9.17) is 0 Å². The fraction of sp³-hybridized carbons (Fsp3) is 0.250. The van der Waals surface area contributed by atoms with Crippen LogP contribution in [0.2, 0.25) is 0 Å². The fourth-order valence-electron chi connectivity index (χ4n) is 0.950. The lowest BCUT2D eigenvalue weighted by Crippen LogP contribution is -2.07. The van der Waals surface area contributed by atoms with Crippen molar-refractivity contribution in [2.24, 2.45) is 0 Å². The van der Waals surface area contributed by atoms with Crippen molar-refractivity contribution in [3.05, 3.63) is 18.3 Å². The number of anilines is 1. The van der Waals surface area contributed by atoms with Crippen molar-refractivity contribution in [1.82, 2.24) is 9.97 Å². The van der Waals surface area contributed by atoms with Gasteiger partial charge >= 0.3 is 0 Å². The highest BCUT2D eigenvalue weighted by Gasteiger charge is 2.04. The Morgan fingerprint density at radius 3 is 2.92 bits per heavy atom.